The molecule has 0 bridgehead atoms. The Morgan fingerprint density at radius 2 is 1.88 bits per heavy atom. The quantitative estimate of drug-likeness (QED) is 0.841. The lowest BCUT2D eigenvalue weighted by atomic mass is 9.98. The number of aliphatic hydroxyl groups is 1. The van der Waals surface area contributed by atoms with Crippen LogP contribution >= 0.6 is 0 Å². The fourth-order valence-electron chi connectivity index (χ4n) is 1.46. The van der Waals surface area contributed by atoms with E-state index in [4.69, 9.17) is 5.73 Å². The van der Waals surface area contributed by atoms with Crippen LogP contribution in [0.1, 0.15) is 23.7 Å². The Hall–Kier alpha value is -1.07. The lowest BCUT2D eigenvalue weighted by molar-refractivity contribution is -0.153. The monoisotopic (exact) mass is 233 g/mol. The number of aryl methyl sites for hydroxylation is 1. The van der Waals surface area contributed by atoms with Crippen molar-refractivity contribution in [1.29, 1.82) is 0 Å². The molecule has 0 unspecified atom stereocenters. The van der Waals surface area contributed by atoms with Gasteiger partial charge in [-0.2, -0.15) is 13.2 Å². The molecular weight excluding hydrogens is 219 g/mol. The molecule has 16 heavy (non-hydrogen) atoms. The van der Waals surface area contributed by atoms with E-state index in [0.29, 0.717) is 5.56 Å². The largest absolute Gasteiger partial charge is 0.403 e. The molecule has 0 aliphatic carbocycles. The van der Waals surface area contributed by atoms with Crippen LogP contribution in [0.4, 0.5) is 13.2 Å². The van der Waals surface area contributed by atoms with Crippen LogP contribution in [0.2, 0.25) is 0 Å². The Balaban J connectivity index is 2.73. The molecule has 0 radical (unpaired) electrons. The third kappa shape index (κ3) is 3.21. The summed E-state index contributed by atoms with van der Waals surface area (Å²) >= 11 is 0. The topological polar surface area (TPSA) is 46.2 Å². The van der Waals surface area contributed by atoms with E-state index in [1.807, 2.05) is 0 Å². The van der Waals surface area contributed by atoms with Crippen LogP contribution in [0.25, 0.3) is 0 Å². The zero-order valence-electron chi connectivity index (χ0n) is 8.83. The van der Waals surface area contributed by atoms with Gasteiger partial charge in [0.25, 0.3) is 0 Å². The van der Waals surface area contributed by atoms with Crippen molar-refractivity contribution in [3.8, 4) is 0 Å². The second-order valence-electron chi connectivity index (χ2n) is 3.76. The molecule has 0 saturated carbocycles. The first-order valence-corrected chi connectivity index (χ1v) is 4.88. The van der Waals surface area contributed by atoms with Gasteiger partial charge in [0.05, 0.1) is 6.10 Å². The summed E-state index contributed by atoms with van der Waals surface area (Å²) in [4.78, 5) is 0. The van der Waals surface area contributed by atoms with Crippen molar-refractivity contribution in [3.63, 3.8) is 0 Å². The number of alkyl halides is 3. The van der Waals surface area contributed by atoms with Gasteiger partial charge in [-0.05, 0) is 18.1 Å². The number of rotatable bonds is 3. The second-order valence-corrected chi connectivity index (χ2v) is 3.76. The van der Waals surface area contributed by atoms with Gasteiger partial charge in [-0.3, -0.25) is 0 Å². The van der Waals surface area contributed by atoms with E-state index >= 15 is 0 Å². The first-order chi connectivity index (χ1) is 7.32. The summed E-state index contributed by atoms with van der Waals surface area (Å²) in [5.74, 6) is 0. The predicted molar refractivity (Wildman–Crippen MR) is 54.8 cm³/mol. The number of hydrogen-bond acceptors (Lipinski definition) is 2. The molecule has 2 atom stereocenters. The van der Waals surface area contributed by atoms with Gasteiger partial charge in [0, 0.05) is 6.42 Å². The van der Waals surface area contributed by atoms with Crippen molar-refractivity contribution >= 4 is 0 Å². The summed E-state index contributed by atoms with van der Waals surface area (Å²) in [6.07, 6.45) is -6.17. The molecule has 5 heteroatoms. The van der Waals surface area contributed by atoms with E-state index in [0.717, 1.165) is 5.56 Å². The summed E-state index contributed by atoms with van der Waals surface area (Å²) in [6.45, 7) is 1.73. The van der Waals surface area contributed by atoms with Gasteiger partial charge in [-0.25, -0.2) is 0 Å². The van der Waals surface area contributed by atoms with Crippen molar-refractivity contribution in [3.05, 3.63) is 35.4 Å². The number of halogens is 3. The zero-order valence-corrected chi connectivity index (χ0v) is 8.83. The standard InChI is InChI=1S/C11H14F3NO/c1-7-4-2-3-5-8(7)9(16)6-10(15)11(12,13)14/h2-5,9-10,16H,6,15H2,1H3/t9-,10-/m1/s1. The summed E-state index contributed by atoms with van der Waals surface area (Å²) in [6, 6.07) is 4.77. The van der Waals surface area contributed by atoms with E-state index in [1.165, 1.54) is 0 Å². The molecule has 0 spiro atoms. The van der Waals surface area contributed by atoms with E-state index in [1.54, 1.807) is 31.2 Å². The molecule has 1 rings (SSSR count). The third-order valence-corrected chi connectivity index (χ3v) is 2.45. The zero-order chi connectivity index (χ0) is 12.3. The number of nitrogens with two attached hydrogens (primary N) is 1. The molecule has 0 aliphatic rings. The fraction of sp³-hybridized carbons (Fsp3) is 0.455. The lowest BCUT2D eigenvalue weighted by Crippen LogP contribution is -2.38. The Labute approximate surface area is 91.9 Å². The van der Waals surface area contributed by atoms with Gasteiger partial charge < -0.3 is 10.8 Å². The first kappa shape index (κ1) is 13.0. The highest BCUT2D eigenvalue weighted by Crippen LogP contribution is 2.27. The molecule has 0 saturated heterocycles. The van der Waals surface area contributed by atoms with Crippen LogP contribution in [0.3, 0.4) is 0 Å². The van der Waals surface area contributed by atoms with Gasteiger partial charge in [0.1, 0.15) is 6.04 Å². The minimum Gasteiger partial charge on any atom is -0.388 e. The van der Waals surface area contributed by atoms with Crippen LogP contribution in [-0.2, 0) is 0 Å². The Morgan fingerprint density at radius 1 is 1.31 bits per heavy atom. The maximum atomic E-state index is 12.2. The minimum absolute atomic E-state index is 0.488. The predicted octanol–water partition coefficient (Wildman–Crippen LogP) is 2.31. The average molecular weight is 233 g/mol. The normalized spacial score (nSPS) is 15.9. The highest BCUT2D eigenvalue weighted by atomic mass is 19.4. The molecular formula is C11H14F3NO. The highest BCUT2D eigenvalue weighted by molar-refractivity contribution is 5.27. The molecule has 3 N–H and O–H groups in total. The molecule has 0 amide bonds. The first-order valence-electron chi connectivity index (χ1n) is 4.88. The van der Waals surface area contributed by atoms with Crippen LogP contribution in [0, 0.1) is 6.92 Å². The smallest absolute Gasteiger partial charge is 0.388 e. The SMILES string of the molecule is Cc1ccccc1[C@H](O)C[C@@H](N)C(F)(F)F. The Bertz CT molecular complexity index is 351. The van der Waals surface area contributed by atoms with Crippen molar-refractivity contribution in [2.75, 3.05) is 0 Å². The van der Waals surface area contributed by atoms with Crippen LogP contribution < -0.4 is 5.73 Å². The summed E-state index contributed by atoms with van der Waals surface area (Å²) in [5, 5.41) is 9.66. The van der Waals surface area contributed by atoms with E-state index in [2.05, 4.69) is 0 Å². The van der Waals surface area contributed by atoms with Gasteiger partial charge in [0.2, 0.25) is 0 Å². The summed E-state index contributed by atoms with van der Waals surface area (Å²) in [5.41, 5.74) is 6.20. The third-order valence-electron chi connectivity index (χ3n) is 2.45. The molecule has 1 aromatic rings. The summed E-state index contributed by atoms with van der Waals surface area (Å²) < 4.78 is 36.6. The van der Waals surface area contributed by atoms with Gasteiger partial charge in [-0.15, -0.1) is 0 Å². The van der Waals surface area contributed by atoms with E-state index < -0.39 is 24.7 Å². The number of hydrogen-bond donors (Lipinski definition) is 2. The fourth-order valence-corrected chi connectivity index (χ4v) is 1.46. The maximum absolute atomic E-state index is 12.2. The molecule has 0 fully saturated rings. The molecule has 90 valence electrons. The average Bonchev–Trinajstić information content (AvgIpc) is 2.16. The van der Waals surface area contributed by atoms with Crippen molar-refractivity contribution in [2.24, 2.45) is 5.73 Å². The van der Waals surface area contributed by atoms with Gasteiger partial charge >= 0.3 is 6.18 Å². The van der Waals surface area contributed by atoms with Gasteiger partial charge in [0.15, 0.2) is 0 Å². The van der Waals surface area contributed by atoms with E-state index in [-0.39, 0.29) is 0 Å². The highest BCUT2D eigenvalue weighted by Gasteiger charge is 2.38. The number of aliphatic hydroxyl groups excluding tert-OH is 1. The van der Waals surface area contributed by atoms with Gasteiger partial charge in [-0.1, -0.05) is 24.3 Å². The molecule has 2 nitrogen and oxygen atoms in total. The Kier molecular flexibility index (Phi) is 3.93. The van der Waals surface area contributed by atoms with Crippen LogP contribution in [-0.4, -0.2) is 17.3 Å². The van der Waals surface area contributed by atoms with Crippen LogP contribution in [0.15, 0.2) is 24.3 Å². The van der Waals surface area contributed by atoms with Crippen molar-refractivity contribution in [1.82, 2.24) is 0 Å². The van der Waals surface area contributed by atoms with E-state index in [9.17, 15) is 18.3 Å². The van der Waals surface area contributed by atoms with Crippen molar-refractivity contribution < 1.29 is 18.3 Å². The Morgan fingerprint density at radius 3 is 2.38 bits per heavy atom. The number of benzene rings is 1. The lowest BCUT2D eigenvalue weighted by Gasteiger charge is -2.20. The maximum Gasteiger partial charge on any atom is 0.403 e. The molecule has 1 aromatic carbocycles. The molecule has 0 aliphatic heterocycles. The van der Waals surface area contributed by atoms with Crippen LogP contribution in [0.5, 0.6) is 0 Å². The molecule has 0 heterocycles. The second kappa shape index (κ2) is 4.84. The van der Waals surface area contributed by atoms with Crippen molar-refractivity contribution in [2.45, 2.75) is 31.7 Å². The molecule has 0 aromatic heterocycles. The summed E-state index contributed by atoms with van der Waals surface area (Å²) in [7, 11) is 0. The minimum atomic E-state index is -4.47.